The summed E-state index contributed by atoms with van der Waals surface area (Å²) >= 11 is 3.25. The van der Waals surface area contributed by atoms with Crippen molar-refractivity contribution >= 4 is 32.9 Å². The average molecular weight is 513 g/mol. The first-order valence-electron chi connectivity index (χ1n) is 12.1. The molecule has 3 aromatic carbocycles. The van der Waals surface area contributed by atoms with E-state index in [1.807, 2.05) is 12.1 Å². The van der Waals surface area contributed by atoms with Crippen LogP contribution >= 0.6 is 22.7 Å². The third kappa shape index (κ3) is 5.61. The molecule has 8 heteroatoms. The fourth-order valence-electron chi connectivity index (χ4n) is 3.91. The molecule has 5 rings (SSSR count). The van der Waals surface area contributed by atoms with Crippen LogP contribution in [0.3, 0.4) is 0 Å². The average Bonchev–Trinajstić information content (AvgIpc) is 3.62. The molecule has 36 heavy (non-hydrogen) atoms. The van der Waals surface area contributed by atoms with Gasteiger partial charge in [-0.1, -0.05) is 108 Å². The number of benzene rings is 3. The quantitative estimate of drug-likeness (QED) is 0.206. The molecule has 182 valence electrons. The van der Waals surface area contributed by atoms with Gasteiger partial charge < -0.3 is 9.80 Å². The highest BCUT2D eigenvalue weighted by Gasteiger charge is 2.15. The second kappa shape index (κ2) is 11.4. The number of aromatic nitrogens is 4. The van der Waals surface area contributed by atoms with E-state index in [4.69, 9.17) is 0 Å². The fraction of sp³-hybridized carbons (Fsp3) is 0.214. The predicted octanol–water partition coefficient (Wildman–Crippen LogP) is 6.78. The molecule has 0 N–H and O–H groups in total. The van der Waals surface area contributed by atoms with Crippen molar-refractivity contribution in [1.29, 1.82) is 0 Å². The van der Waals surface area contributed by atoms with Gasteiger partial charge in [0.25, 0.3) is 0 Å². The molecular weight excluding hydrogens is 484 g/mol. The van der Waals surface area contributed by atoms with Crippen LogP contribution in [-0.4, -0.2) is 33.5 Å². The summed E-state index contributed by atoms with van der Waals surface area (Å²) < 4.78 is 0. The van der Waals surface area contributed by atoms with Crippen LogP contribution in [0.5, 0.6) is 0 Å². The van der Waals surface area contributed by atoms with E-state index in [-0.39, 0.29) is 0 Å². The molecule has 0 aliphatic heterocycles. The molecule has 0 aliphatic carbocycles. The predicted molar refractivity (Wildman–Crippen MR) is 151 cm³/mol. The maximum Gasteiger partial charge on any atom is 0.208 e. The summed E-state index contributed by atoms with van der Waals surface area (Å²) in [5.74, 6) is 0. The number of hydrogen-bond acceptors (Lipinski definition) is 8. The summed E-state index contributed by atoms with van der Waals surface area (Å²) in [5, 5.41) is 21.6. The first-order chi connectivity index (χ1) is 17.7. The monoisotopic (exact) mass is 512 g/mol. The maximum absolute atomic E-state index is 4.48. The largest absolute Gasteiger partial charge is 0.343 e. The van der Waals surface area contributed by atoms with Crippen LogP contribution in [0.25, 0.3) is 21.1 Å². The molecule has 0 aliphatic rings. The number of anilines is 2. The minimum absolute atomic E-state index is 0.823. The van der Waals surface area contributed by atoms with Gasteiger partial charge in [-0.2, -0.15) is 0 Å². The van der Waals surface area contributed by atoms with E-state index in [0.717, 1.165) is 57.6 Å². The van der Waals surface area contributed by atoms with E-state index < -0.39 is 0 Å². The molecule has 2 heterocycles. The molecule has 0 bridgehead atoms. The van der Waals surface area contributed by atoms with Gasteiger partial charge in [0.2, 0.25) is 10.3 Å². The van der Waals surface area contributed by atoms with E-state index in [1.54, 1.807) is 22.7 Å². The molecule has 0 fully saturated rings. The summed E-state index contributed by atoms with van der Waals surface area (Å²) in [4.78, 5) is 4.51. The molecule has 0 saturated heterocycles. The summed E-state index contributed by atoms with van der Waals surface area (Å²) in [6, 6.07) is 29.3. The molecule has 5 aromatic rings. The van der Waals surface area contributed by atoms with Crippen molar-refractivity contribution in [2.24, 2.45) is 0 Å². The van der Waals surface area contributed by atoms with Crippen molar-refractivity contribution in [3.05, 3.63) is 96.1 Å². The highest BCUT2D eigenvalue weighted by molar-refractivity contribution is 7.18. The molecule has 0 amide bonds. The summed E-state index contributed by atoms with van der Waals surface area (Å²) in [5.41, 5.74) is 4.65. The van der Waals surface area contributed by atoms with Crippen molar-refractivity contribution in [2.75, 3.05) is 22.9 Å². The first kappa shape index (κ1) is 24.1. The molecule has 2 aromatic heterocycles. The molecule has 0 spiro atoms. The standard InChI is InChI=1S/C28H28N6S2/c1-3-33(19-21-11-7-5-8-12-21)27-31-29-25(35-27)23-15-17-24(18-16-23)26-30-32-28(36-26)34(4-2)20-22-13-9-6-10-14-22/h5-18H,3-4,19-20H2,1-2H3. The zero-order chi connectivity index (χ0) is 24.7. The highest BCUT2D eigenvalue weighted by Crippen LogP contribution is 2.33. The van der Waals surface area contributed by atoms with Crippen LogP contribution < -0.4 is 9.80 Å². The Morgan fingerprint density at radius 2 is 0.917 bits per heavy atom. The minimum Gasteiger partial charge on any atom is -0.343 e. The summed E-state index contributed by atoms with van der Waals surface area (Å²) in [6.07, 6.45) is 0. The van der Waals surface area contributed by atoms with Gasteiger partial charge in [-0.05, 0) is 25.0 Å². The second-order valence-corrected chi connectivity index (χ2v) is 10.3. The van der Waals surface area contributed by atoms with Gasteiger partial charge in [-0.15, -0.1) is 20.4 Å². The van der Waals surface area contributed by atoms with Crippen molar-refractivity contribution in [1.82, 2.24) is 20.4 Å². The fourth-order valence-corrected chi connectivity index (χ4v) is 5.74. The lowest BCUT2D eigenvalue weighted by atomic mass is 10.1. The third-order valence-electron chi connectivity index (χ3n) is 5.94. The lowest BCUT2D eigenvalue weighted by Crippen LogP contribution is -2.21. The van der Waals surface area contributed by atoms with E-state index in [1.165, 1.54) is 11.1 Å². The van der Waals surface area contributed by atoms with Gasteiger partial charge in [0.1, 0.15) is 10.0 Å². The van der Waals surface area contributed by atoms with Crippen molar-refractivity contribution in [3.8, 4) is 21.1 Å². The Labute approximate surface area is 219 Å². The zero-order valence-corrected chi connectivity index (χ0v) is 22.0. The van der Waals surface area contributed by atoms with Crippen LogP contribution in [0.4, 0.5) is 10.3 Å². The van der Waals surface area contributed by atoms with Crippen LogP contribution in [0.2, 0.25) is 0 Å². The van der Waals surface area contributed by atoms with E-state index in [2.05, 4.69) is 117 Å². The molecule has 0 radical (unpaired) electrons. The van der Waals surface area contributed by atoms with Crippen LogP contribution in [0.15, 0.2) is 84.9 Å². The van der Waals surface area contributed by atoms with Gasteiger partial charge in [0.15, 0.2) is 0 Å². The van der Waals surface area contributed by atoms with E-state index in [0.29, 0.717) is 0 Å². The van der Waals surface area contributed by atoms with Gasteiger partial charge >= 0.3 is 0 Å². The lowest BCUT2D eigenvalue weighted by molar-refractivity contribution is 0.815. The minimum atomic E-state index is 0.823. The first-order valence-corrected chi connectivity index (χ1v) is 13.7. The summed E-state index contributed by atoms with van der Waals surface area (Å²) in [7, 11) is 0. The van der Waals surface area contributed by atoms with Gasteiger partial charge in [-0.3, -0.25) is 0 Å². The Morgan fingerprint density at radius 1 is 0.528 bits per heavy atom. The number of nitrogens with zero attached hydrogens (tertiary/aromatic N) is 6. The van der Waals surface area contributed by atoms with Gasteiger partial charge in [0.05, 0.1) is 0 Å². The van der Waals surface area contributed by atoms with Crippen LogP contribution in [0, 0.1) is 0 Å². The number of hydrogen-bond donors (Lipinski definition) is 0. The SMILES string of the molecule is CCN(Cc1ccccc1)c1nnc(-c2ccc(-c3nnc(N(CC)Cc4ccccc4)s3)cc2)s1. The lowest BCUT2D eigenvalue weighted by Gasteiger charge is -2.19. The van der Waals surface area contributed by atoms with E-state index in [9.17, 15) is 0 Å². The molecule has 0 saturated carbocycles. The summed E-state index contributed by atoms with van der Waals surface area (Å²) in [6.45, 7) is 7.69. The maximum atomic E-state index is 4.48. The number of rotatable bonds is 10. The van der Waals surface area contributed by atoms with E-state index >= 15 is 0 Å². The Balaban J connectivity index is 1.28. The second-order valence-electron chi connectivity index (χ2n) is 8.36. The Bertz CT molecular complexity index is 1260. The molecule has 0 unspecified atom stereocenters. The van der Waals surface area contributed by atoms with Crippen molar-refractivity contribution in [2.45, 2.75) is 26.9 Å². The molecule has 6 nitrogen and oxygen atoms in total. The normalized spacial score (nSPS) is 10.9. The molecular formula is C28H28N6S2. The van der Waals surface area contributed by atoms with Gasteiger partial charge in [-0.25, -0.2) is 0 Å². The van der Waals surface area contributed by atoms with Crippen molar-refractivity contribution in [3.63, 3.8) is 0 Å². The van der Waals surface area contributed by atoms with Gasteiger partial charge in [0, 0.05) is 37.3 Å². The third-order valence-corrected chi connectivity index (χ3v) is 8.01. The van der Waals surface area contributed by atoms with Crippen LogP contribution in [0.1, 0.15) is 25.0 Å². The highest BCUT2D eigenvalue weighted by atomic mass is 32.1. The topological polar surface area (TPSA) is 58.0 Å². The Morgan fingerprint density at radius 3 is 1.28 bits per heavy atom. The smallest absolute Gasteiger partial charge is 0.208 e. The van der Waals surface area contributed by atoms with Crippen LogP contribution in [-0.2, 0) is 13.1 Å². The zero-order valence-electron chi connectivity index (χ0n) is 20.4. The Kier molecular flexibility index (Phi) is 7.64. The Hall–Kier alpha value is -3.62. The molecule has 0 atom stereocenters. The van der Waals surface area contributed by atoms with Crippen molar-refractivity contribution < 1.29 is 0 Å².